The van der Waals surface area contributed by atoms with Crippen molar-refractivity contribution in [3.63, 3.8) is 0 Å². The third-order valence-electron chi connectivity index (χ3n) is 2.66. The summed E-state index contributed by atoms with van der Waals surface area (Å²) in [7, 11) is 3.09. The van der Waals surface area contributed by atoms with Gasteiger partial charge in [0.2, 0.25) is 0 Å². The highest BCUT2D eigenvalue weighted by molar-refractivity contribution is 6.32. The molecule has 0 fully saturated rings. The van der Waals surface area contributed by atoms with Crippen LogP contribution in [0.1, 0.15) is 5.56 Å². The molecule has 0 bridgehead atoms. The average Bonchev–Trinajstić information content (AvgIpc) is 2.79. The van der Waals surface area contributed by atoms with Crippen LogP contribution in [0.25, 0.3) is 0 Å². The molecule has 0 aliphatic heterocycles. The van der Waals surface area contributed by atoms with Crippen LogP contribution in [0, 0.1) is 10.1 Å². The summed E-state index contributed by atoms with van der Waals surface area (Å²) >= 11 is 5.74. The summed E-state index contributed by atoms with van der Waals surface area (Å²) in [6, 6.07) is 5.36. The SMILES string of the molecule is COc1ccc(Cn2cc(Cl)c([N+](=O)[O-])n2)cc1OC. The van der Waals surface area contributed by atoms with E-state index < -0.39 is 4.92 Å². The number of aromatic nitrogens is 2. The molecule has 0 N–H and O–H groups in total. The van der Waals surface area contributed by atoms with Gasteiger partial charge in [0.05, 0.1) is 32.1 Å². The molecule has 0 aliphatic carbocycles. The second-order valence-electron chi connectivity index (χ2n) is 3.94. The number of rotatable bonds is 5. The molecule has 0 atom stereocenters. The first kappa shape index (κ1) is 14.1. The van der Waals surface area contributed by atoms with Gasteiger partial charge in [-0.05, 0) is 22.6 Å². The van der Waals surface area contributed by atoms with E-state index in [-0.39, 0.29) is 10.8 Å². The maximum atomic E-state index is 10.7. The number of nitrogens with zero attached hydrogens (tertiary/aromatic N) is 3. The quantitative estimate of drug-likeness (QED) is 0.626. The number of nitro groups is 1. The molecule has 1 aromatic carbocycles. The second-order valence-corrected chi connectivity index (χ2v) is 4.35. The Labute approximate surface area is 119 Å². The van der Waals surface area contributed by atoms with Gasteiger partial charge in [-0.15, -0.1) is 0 Å². The lowest BCUT2D eigenvalue weighted by molar-refractivity contribution is -0.389. The van der Waals surface area contributed by atoms with Gasteiger partial charge in [-0.25, -0.2) is 0 Å². The molecule has 0 saturated carbocycles. The number of methoxy groups -OCH3 is 2. The van der Waals surface area contributed by atoms with Gasteiger partial charge < -0.3 is 19.6 Å². The summed E-state index contributed by atoms with van der Waals surface area (Å²) in [4.78, 5) is 10.1. The molecule has 0 amide bonds. The molecule has 8 heteroatoms. The summed E-state index contributed by atoms with van der Waals surface area (Å²) in [6.07, 6.45) is 1.41. The minimum Gasteiger partial charge on any atom is -0.493 e. The van der Waals surface area contributed by atoms with E-state index in [0.29, 0.717) is 18.0 Å². The number of hydrogen-bond acceptors (Lipinski definition) is 5. The Hall–Kier alpha value is -2.28. The van der Waals surface area contributed by atoms with Crippen molar-refractivity contribution in [3.05, 3.63) is 45.1 Å². The van der Waals surface area contributed by atoms with Crippen LogP contribution < -0.4 is 9.47 Å². The number of halogens is 1. The van der Waals surface area contributed by atoms with Crippen LogP contribution in [0.3, 0.4) is 0 Å². The number of hydrogen-bond donors (Lipinski definition) is 0. The summed E-state index contributed by atoms with van der Waals surface area (Å²) in [6.45, 7) is 0.341. The van der Waals surface area contributed by atoms with E-state index in [1.54, 1.807) is 19.2 Å². The summed E-state index contributed by atoms with van der Waals surface area (Å²) < 4.78 is 11.7. The van der Waals surface area contributed by atoms with Gasteiger partial charge in [0.25, 0.3) is 0 Å². The fourth-order valence-electron chi connectivity index (χ4n) is 1.76. The normalized spacial score (nSPS) is 10.3. The Morgan fingerprint density at radius 1 is 1.35 bits per heavy atom. The lowest BCUT2D eigenvalue weighted by Crippen LogP contribution is -2.02. The van der Waals surface area contributed by atoms with Crippen molar-refractivity contribution < 1.29 is 14.4 Å². The van der Waals surface area contributed by atoms with Crippen molar-refractivity contribution in [1.82, 2.24) is 9.78 Å². The first-order valence-corrected chi connectivity index (χ1v) is 6.01. The van der Waals surface area contributed by atoms with Crippen LogP contribution in [0.5, 0.6) is 11.5 Å². The lowest BCUT2D eigenvalue weighted by Gasteiger charge is -2.08. The molecule has 1 heterocycles. The highest BCUT2D eigenvalue weighted by Crippen LogP contribution is 2.28. The van der Waals surface area contributed by atoms with Crippen LogP contribution in [0.4, 0.5) is 5.82 Å². The van der Waals surface area contributed by atoms with Crippen LogP contribution in [-0.2, 0) is 6.54 Å². The Morgan fingerprint density at radius 3 is 2.60 bits per heavy atom. The Kier molecular flexibility index (Phi) is 4.09. The standard InChI is InChI=1S/C12H12ClN3O4/c1-19-10-4-3-8(5-11(10)20-2)6-15-7-9(13)12(14-15)16(17)18/h3-5,7H,6H2,1-2H3. The first-order valence-electron chi connectivity index (χ1n) is 5.63. The van der Waals surface area contributed by atoms with Gasteiger partial charge in [0, 0.05) is 0 Å². The largest absolute Gasteiger partial charge is 0.493 e. The lowest BCUT2D eigenvalue weighted by atomic mass is 10.2. The van der Waals surface area contributed by atoms with E-state index in [4.69, 9.17) is 21.1 Å². The Bertz CT molecular complexity index is 642. The molecular weight excluding hydrogens is 286 g/mol. The molecule has 0 spiro atoms. The van der Waals surface area contributed by atoms with E-state index in [1.807, 2.05) is 6.07 Å². The molecule has 20 heavy (non-hydrogen) atoms. The molecule has 0 radical (unpaired) electrons. The van der Waals surface area contributed by atoms with E-state index in [9.17, 15) is 10.1 Å². The summed E-state index contributed by atoms with van der Waals surface area (Å²) in [5, 5.41) is 14.5. The zero-order valence-corrected chi connectivity index (χ0v) is 11.6. The minimum absolute atomic E-state index is 0.00970. The Balaban J connectivity index is 2.26. The zero-order valence-electron chi connectivity index (χ0n) is 10.9. The number of benzene rings is 1. The van der Waals surface area contributed by atoms with Gasteiger partial charge in [-0.2, -0.15) is 4.68 Å². The Morgan fingerprint density at radius 2 is 2.05 bits per heavy atom. The van der Waals surface area contributed by atoms with Gasteiger partial charge in [0.1, 0.15) is 0 Å². The van der Waals surface area contributed by atoms with Gasteiger partial charge in [-0.3, -0.25) is 0 Å². The third-order valence-corrected chi connectivity index (χ3v) is 2.93. The average molecular weight is 298 g/mol. The van der Waals surface area contributed by atoms with Crippen molar-refractivity contribution in [3.8, 4) is 11.5 Å². The third kappa shape index (κ3) is 2.83. The highest BCUT2D eigenvalue weighted by atomic mass is 35.5. The van der Waals surface area contributed by atoms with Crippen molar-refractivity contribution in [2.24, 2.45) is 0 Å². The fraction of sp³-hybridized carbons (Fsp3) is 0.250. The molecule has 7 nitrogen and oxygen atoms in total. The molecule has 2 rings (SSSR count). The second kappa shape index (κ2) is 5.79. The molecule has 0 unspecified atom stereocenters. The predicted molar refractivity (Wildman–Crippen MR) is 72.5 cm³/mol. The molecular formula is C12H12ClN3O4. The maximum absolute atomic E-state index is 10.7. The van der Waals surface area contributed by atoms with E-state index >= 15 is 0 Å². The molecule has 2 aromatic rings. The van der Waals surface area contributed by atoms with E-state index in [0.717, 1.165) is 5.56 Å². The smallest absolute Gasteiger partial charge is 0.408 e. The molecule has 0 aliphatic rings. The first-order chi connectivity index (χ1) is 9.55. The summed E-state index contributed by atoms with van der Waals surface area (Å²) in [5.41, 5.74) is 0.858. The van der Waals surface area contributed by atoms with E-state index in [1.165, 1.54) is 18.0 Å². The van der Waals surface area contributed by atoms with Crippen molar-refractivity contribution >= 4 is 17.4 Å². The van der Waals surface area contributed by atoms with Crippen LogP contribution >= 0.6 is 11.6 Å². The van der Waals surface area contributed by atoms with Crippen LogP contribution in [0.15, 0.2) is 24.4 Å². The van der Waals surface area contributed by atoms with Gasteiger partial charge >= 0.3 is 5.82 Å². The monoisotopic (exact) mass is 297 g/mol. The van der Waals surface area contributed by atoms with Crippen LogP contribution in [0.2, 0.25) is 5.02 Å². The summed E-state index contributed by atoms with van der Waals surface area (Å²) in [5.74, 6) is 0.839. The minimum atomic E-state index is -0.618. The predicted octanol–water partition coefficient (Wildman–Crippen LogP) is 2.51. The highest BCUT2D eigenvalue weighted by Gasteiger charge is 2.19. The zero-order chi connectivity index (χ0) is 14.7. The topological polar surface area (TPSA) is 79.4 Å². The van der Waals surface area contributed by atoms with Crippen molar-refractivity contribution in [1.29, 1.82) is 0 Å². The van der Waals surface area contributed by atoms with Crippen molar-refractivity contribution in [2.75, 3.05) is 14.2 Å². The fourth-order valence-corrected chi connectivity index (χ4v) is 1.98. The number of ether oxygens (including phenoxy) is 2. The van der Waals surface area contributed by atoms with E-state index in [2.05, 4.69) is 5.10 Å². The molecule has 106 valence electrons. The van der Waals surface area contributed by atoms with Crippen molar-refractivity contribution in [2.45, 2.75) is 6.54 Å². The van der Waals surface area contributed by atoms with Crippen LogP contribution in [-0.4, -0.2) is 28.9 Å². The molecule has 0 saturated heterocycles. The van der Waals surface area contributed by atoms with Gasteiger partial charge in [-0.1, -0.05) is 17.7 Å². The molecule has 1 aromatic heterocycles. The maximum Gasteiger partial charge on any atom is 0.408 e. The van der Waals surface area contributed by atoms with Gasteiger partial charge in [0.15, 0.2) is 16.5 Å².